The van der Waals surface area contributed by atoms with Crippen LogP contribution in [-0.4, -0.2) is 63.6 Å². The number of aromatic nitrogens is 1. The van der Waals surface area contributed by atoms with Crippen LogP contribution in [0.2, 0.25) is 0 Å². The lowest BCUT2D eigenvalue weighted by atomic mass is 10.0. The van der Waals surface area contributed by atoms with Crippen molar-refractivity contribution in [2.24, 2.45) is 11.7 Å². The zero-order valence-corrected chi connectivity index (χ0v) is 21.9. The molecule has 2 aromatic carbocycles. The highest BCUT2D eigenvalue weighted by molar-refractivity contribution is 5.93. The standard InChI is InChI=1S/C28H35N5O6/c1-16(2)11-23(27(37)33-24(28(38)39)12-17-7-9-19(34)10-8-17)32-25(35)15-31-26(36)21(29)13-18-14-30-22-6-4-3-5-20(18)22/h3-10,14,16,21,23-24,30,34H,11-13,15,29H2,1-2H3,(H,31,36)(H,32,35)(H,33,37)(H,38,39). The first-order valence-electron chi connectivity index (χ1n) is 12.7. The molecule has 3 rings (SSSR count). The Morgan fingerprint density at radius 2 is 1.62 bits per heavy atom. The Balaban J connectivity index is 1.55. The molecule has 0 aliphatic carbocycles. The molecule has 0 saturated heterocycles. The predicted octanol–water partition coefficient (Wildman–Crippen LogP) is 1.20. The van der Waals surface area contributed by atoms with Gasteiger partial charge in [-0.15, -0.1) is 0 Å². The number of carboxylic acid groups (broad SMARTS) is 1. The van der Waals surface area contributed by atoms with E-state index in [-0.39, 0.29) is 30.9 Å². The number of phenols is 1. The molecule has 0 aliphatic rings. The number of carbonyl (C=O) groups is 4. The number of H-pyrrole nitrogens is 1. The molecule has 0 fully saturated rings. The Hall–Kier alpha value is -4.38. The van der Waals surface area contributed by atoms with Gasteiger partial charge in [-0.2, -0.15) is 0 Å². The van der Waals surface area contributed by atoms with E-state index in [0.29, 0.717) is 5.56 Å². The first-order valence-corrected chi connectivity index (χ1v) is 12.7. The fourth-order valence-corrected chi connectivity index (χ4v) is 4.22. The Bertz CT molecular complexity index is 1300. The summed E-state index contributed by atoms with van der Waals surface area (Å²) in [5, 5.41) is 27.6. The smallest absolute Gasteiger partial charge is 0.326 e. The van der Waals surface area contributed by atoms with Crippen LogP contribution >= 0.6 is 0 Å². The minimum Gasteiger partial charge on any atom is -0.508 e. The van der Waals surface area contributed by atoms with Gasteiger partial charge < -0.3 is 36.9 Å². The van der Waals surface area contributed by atoms with E-state index in [4.69, 9.17) is 5.73 Å². The third-order valence-corrected chi connectivity index (χ3v) is 6.22. The van der Waals surface area contributed by atoms with Crippen LogP contribution < -0.4 is 21.7 Å². The van der Waals surface area contributed by atoms with Crippen molar-refractivity contribution in [1.82, 2.24) is 20.9 Å². The van der Waals surface area contributed by atoms with Gasteiger partial charge in [-0.3, -0.25) is 14.4 Å². The predicted molar refractivity (Wildman–Crippen MR) is 146 cm³/mol. The number of para-hydroxylation sites is 1. The number of aromatic hydroxyl groups is 1. The number of benzene rings is 2. The molecular formula is C28H35N5O6. The Labute approximate surface area is 226 Å². The molecule has 8 N–H and O–H groups in total. The molecule has 0 spiro atoms. The fourth-order valence-electron chi connectivity index (χ4n) is 4.22. The van der Waals surface area contributed by atoms with Gasteiger partial charge in [0.15, 0.2) is 0 Å². The van der Waals surface area contributed by atoms with E-state index >= 15 is 0 Å². The lowest BCUT2D eigenvalue weighted by molar-refractivity contribution is -0.142. The van der Waals surface area contributed by atoms with E-state index in [1.807, 2.05) is 38.1 Å². The Morgan fingerprint density at radius 3 is 2.28 bits per heavy atom. The zero-order chi connectivity index (χ0) is 28.5. The van der Waals surface area contributed by atoms with E-state index in [9.17, 15) is 29.4 Å². The van der Waals surface area contributed by atoms with Gasteiger partial charge in [0.25, 0.3) is 0 Å². The van der Waals surface area contributed by atoms with Crippen molar-refractivity contribution >= 4 is 34.6 Å². The van der Waals surface area contributed by atoms with Crippen LogP contribution in [0, 0.1) is 5.92 Å². The maximum absolute atomic E-state index is 13.0. The van der Waals surface area contributed by atoms with E-state index in [0.717, 1.165) is 16.5 Å². The minimum atomic E-state index is -1.24. The van der Waals surface area contributed by atoms with Gasteiger partial charge >= 0.3 is 5.97 Å². The third-order valence-electron chi connectivity index (χ3n) is 6.22. The average Bonchev–Trinajstić information content (AvgIpc) is 3.30. The summed E-state index contributed by atoms with van der Waals surface area (Å²) in [6.07, 6.45) is 2.32. The number of amides is 3. The largest absolute Gasteiger partial charge is 0.508 e. The molecule has 3 unspecified atom stereocenters. The summed E-state index contributed by atoms with van der Waals surface area (Å²) in [5.41, 5.74) is 8.49. The molecule has 3 aromatic rings. The van der Waals surface area contributed by atoms with Crippen LogP contribution in [-0.2, 0) is 32.0 Å². The van der Waals surface area contributed by atoms with Gasteiger partial charge in [0.05, 0.1) is 12.6 Å². The normalized spacial score (nSPS) is 13.4. The maximum Gasteiger partial charge on any atom is 0.326 e. The molecule has 11 nitrogen and oxygen atoms in total. The number of fused-ring (bicyclic) bond motifs is 1. The third kappa shape index (κ3) is 8.57. The average molecular weight is 538 g/mol. The molecular weight excluding hydrogens is 502 g/mol. The van der Waals surface area contributed by atoms with E-state index in [1.165, 1.54) is 12.1 Å². The first-order chi connectivity index (χ1) is 18.5. The topological polar surface area (TPSA) is 187 Å². The summed E-state index contributed by atoms with van der Waals surface area (Å²) in [4.78, 5) is 53.0. The summed E-state index contributed by atoms with van der Waals surface area (Å²) < 4.78 is 0. The van der Waals surface area contributed by atoms with Crippen LogP contribution in [0.3, 0.4) is 0 Å². The summed E-state index contributed by atoms with van der Waals surface area (Å²) in [5.74, 6) is -2.94. The highest BCUT2D eigenvalue weighted by atomic mass is 16.4. The number of nitrogens with two attached hydrogens (primary N) is 1. The van der Waals surface area contributed by atoms with Crippen LogP contribution in [0.15, 0.2) is 54.7 Å². The molecule has 0 radical (unpaired) electrons. The van der Waals surface area contributed by atoms with Crippen LogP contribution in [0.1, 0.15) is 31.4 Å². The molecule has 208 valence electrons. The monoisotopic (exact) mass is 537 g/mol. The number of carbonyl (C=O) groups excluding carboxylic acids is 3. The highest BCUT2D eigenvalue weighted by Crippen LogP contribution is 2.18. The van der Waals surface area contributed by atoms with Crippen LogP contribution in [0.4, 0.5) is 0 Å². The second-order valence-corrected chi connectivity index (χ2v) is 9.91. The highest BCUT2D eigenvalue weighted by Gasteiger charge is 2.28. The van der Waals surface area contributed by atoms with Crippen molar-refractivity contribution in [2.45, 2.75) is 51.2 Å². The number of aliphatic carboxylic acids is 1. The number of nitrogens with one attached hydrogen (secondary N) is 4. The van der Waals surface area contributed by atoms with Gasteiger partial charge in [0, 0.05) is 23.5 Å². The SMILES string of the molecule is CC(C)CC(NC(=O)CNC(=O)C(N)Cc1c[nH]c2ccccc12)C(=O)NC(Cc1ccc(O)cc1)C(=O)O. The van der Waals surface area contributed by atoms with Crippen molar-refractivity contribution in [3.63, 3.8) is 0 Å². The summed E-state index contributed by atoms with van der Waals surface area (Å²) >= 11 is 0. The van der Waals surface area contributed by atoms with Gasteiger partial charge in [-0.1, -0.05) is 44.2 Å². The summed E-state index contributed by atoms with van der Waals surface area (Å²) in [6.45, 7) is 3.34. The van der Waals surface area contributed by atoms with Gasteiger partial charge in [0.2, 0.25) is 17.7 Å². The molecule has 39 heavy (non-hydrogen) atoms. The number of carboxylic acids is 1. The second-order valence-electron chi connectivity index (χ2n) is 9.91. The van der Waals surface area contributed by atoms with Crippen LogP contribution in [0.5, 0.6) is 5.75 Å². The Kier molecular flexibility index (Phi) is 10.0. The lowest BCUT2D eigenvalue weighted by Crippen LogP contribution is -2.54. The molecule has 0 bridgehead atoms. The first kappa shape index (κ1) is 29.2. The minimum absolute atomic E-state index is 0.00588. The molecule has 0 aliphatic heterocycles. The number of hydrogen-bond donors (Lipinski definition) is 7. The van der Waals surface area contributed by atoms with E-state index < -0.39 is 48.4 Å². The quantitative estimate of drug-likeness (QED) is 0.171. The summed E-state index contributed by atoms with van der Waals surface area (Å²) in [6, 6.07) is 10.5. The van der Waals surface area contributed by atoms with Crippen molar-refractivity contribution in [1.29, 1.82) is 0 Å². The number of phenolic OH excluding ortho intramolecular Hbond substituents is 1. The van der Waals surface area contributed by atoms with Gasteiger partial charge in [-0.05, 0) is 48.1 Å². The molecule has 11 heteroatoms. The zero-order valence-electron chi connectivity index (χ0n) is 21.9. The molecule has 3 atom stereocenters. The van der Waals surface area contributed by atoms with Crippen LogP contribution in [0.25, 0.3) is 10.9 Å². The van der Waals surface area contributed by atoms with Crippen molar-refractivity contribution in [2.75, 3.05) is 6.54 Å². The molecule has 1 heterocycles. The maximum atomic E-state index is 13.0. The molecule has 3 amide bonds. The number of hydrogen-bond acceptors (Lipinski definition) is 6. The van der Waals surface area contributed by atoms with Crippen molar-refractivity contribution in [3.05, 3.63) is 65.9 Å². The van der Waals surface area contributed by atoms with Gasteiger partial charge in [-0.25, -0.2) is 4.79 Å². The number of rotatable bonds is 13. The van der Waals surface area contributed by atoms with E-state index in [2.05, 4.69) is 20.9 Å². The van der Waals surface area contributed by atoms with E-state index in [1.54, 1.807) is 18.3 Å². The lowest BCUT2D eigenvalue weighted by Gasteiger charge is -2.23. The van der Waals surface area contributed by atoms with Gasteiger partial charge in [0.1, 0.15) is 17.8 Å². The molecule has 0 saturated carbocycles. The second kappa shape index (κ2) is 13.4. The fraction of sp³-hybridized carbons (Fsp3) is 0.357. The Morgan fingerprint density at radius 1 is 0.923 bits per heavy atom. The number of aromatic amines is 1. The molecule has 1 aromatic heterocycles. The van der Waals surface area contributed by atoms with Crippen molar-refractivity contribution in [3.8, 4) is 5.75 Å². The summed E-state index contributed by atoms with van der Waals surface area (Å²) in [7, 11) is 0. The van der Waals surface area contributed by atoms with Crippen molar-refractivity contribution < 1.29 is 29.4 Å².